The van der Waals surface area contributed by atoms with Gasteiger partial charge in [-0.15, -0.1) is 0 Å². The Labute approximate surface area is 128 Å². The molecule has 2 aromatic carbocycles. The van der Waals surface area contributed by atoms with Gasteiger partial charge in [-0.1, -0.05) is 46.3 Å². The molecule has 98 valence electrons. The van der Waals surface area contributed by atoms with Crippen LogP contribution in [0, 0.1) is 0 Å². The van der Waals surface area contributed by atoms with Crippen molar-refractivity contribution < 1.29 is 4.79 Å². The average Bonchev–Trinajstić information content (AvgIpc) is 2.42. The molecule has 0 saturated carbocycles. The third kappa shape index (κ3) is 3.65. The molecule has 0 aromatic heterocycles. The molecule has 0 bridgehead atoms. The molecule has 1 atom stereocenters. The standard InChI is InChI=1S/C14H12Br2N2O/c15-10-6-7-12(11(16)8-10)18-14(19)13(17)9-4-2-1-3-5-9/h1-8,13H,17H2,(H,18,19)/t13-/m1/s1. The van der Waals surface area contributed by atoms with Crippen molar-refractivity contribution in [1.29, 1.82) is 0 Å². The summed E-state index contributed by atoms with van der Waals surface area (Å²) in [6.07, 6.45) is 0. The molecule has 0 radical (unpaired) electrons. The molecule has 19 heavy (non-hydrogen) atoms. The van der Waals surface area contributed by atoms with Crippen molar-refractivity contribution in [2.45, 2.75) is 6.04 Å². The van der Waals surface area contributed by atoms with E-state index in [1.165, 1.54) is 0 Å². The molecule has 0 unspecified atom stereocenters. The molecule has 3 N–H and O–H groups in total. The van der Waals surface area contributed by atoms with Gasteiger partial charge in [-0.2, -0.15) is 0 Å². The fourth-order valence-corrected chi connectivity index (χ4v) is 2.76. The maximum absolute atomic E-state index is 12.1. The quantitative estimate of drug-likeness (QED) is 0.845. The van der Waals surface area contributed by atoms with Gasteiger partial charge in [0.05, 0.1) is 5.69 Å². The summed E-state index contributed by atoms with van der Waals surface area (Å²) in [5, 5.41) is 2.80. The monoisotopic (exact) mass is 382 g/mol. The number of amides is 1. The Balaban J connectivity index is 2.13. The maximum atomic E-state index is 12.1. The number of hydrogen-bond acceptors (Lipinski definition) is 2. The first-order chi connectivity index (χ1) is 9.08. The Bertz CT molecular complexity index is 587. The molecule has 0 spiro atoms. The van der Waals surface area contributed by atoms with Crippen LogP contribution in [0.2, 0.25) is 0 Å². The van der Waals surface area contributed by atoms with Crippen LogP contribution >= 0.6 is 31.9 Å². The molecule has 0 aliphatic heterocycles. The van der Waals surface area contributed by atoms with Crippen LogP contribution in [0.25, 0.3) is 0 Å². The number of carbonyl (C=O) groups excluding carboxylic acids is 1. The molecule has 2 aromatic rings. The Kier molecular flexibility index (Phi) is 4.74. The second-order valence-electron chi connectivity index (χ2n) is 4.00. The predicted octanol–water partition coefficient (Wildman–Crippen LogP) is 3.85. The zero-order chi connectivity index (χ0) is 13.8. The molecule has 0 fully saturated rings. The van der Waals surface area contributed by atoms with Crippen LogP contribution in [0.5, 0.6) is 0 Å². The van der Waals surface area contributed by atoms with Crippen LogP contribution in [-0.4, -0.2) is 5.91 Å². The SMILES string of the molecule is N[C@@H](C(=O)Nc1ccc(Br)cc1Br)c1ccccc1. The van der Waals surface area contributed by atoms with Gasteiger partial charge < -0.3 is 11.1 Å². The topological polar surface area (TPSA) is 55.1 Å². The number of benzene rings is 2. The molecule has 0 heterocycles. The molecule has 1 amide bonds. The Morgan fingerprint density at radius 1 is 1.11 bits per heavy atom. The fraction of sp³-hybridized carbons (Fsp3) is 0.0714. The number of nitrogens with one attached hydrogen (secondary N) is 1. The van der Waals surface area contributed by atoms with Gasteiger partial charge in [0.2, 0.25) is 5.91 Å². The molecule has 2 rings (SSSR count). The lowest BCUT2D eigenvalue weighted by molar-refractivity contribution is -0.117. The van der Waals surface area contributed by atoms with Crippen molar-refractivity contribution in [2.24, 2.45) is 5.73 Å². The van der Waals surface area contributed by atoms with Gasteiger partial charge in [-0.05, 0) is 39.7 Å². The van der Waals surface area contributed by atoms with E-state index >= 15 is 0 Å². The van der Waals surface area contributed by atoms with Crippen LogP contribution in [0.15, 0.2) is 57.5 Å². The lowest BCUT2D eigenvalue weighted by Gasteiger charge is -2.13. The summed E-state index contributed by atoms with van der Waals surface area (Å²) in [5.74, 6) is -0.241. The van der Waals surface area contributed by atoms with E-state index < -0.39 is 6.04 Å². The molecule has 0 aliphatic carbocycles. The Hall–Kier alpha value is -1.17. The van der Waals surface area contributed by atoms with Crippen LogP contribution in [0.4, 0.5) is 5.69 Å². The number of rotatable bonds is 3. The summed E-state index contributed by atoms with van der Waals surface area (Å²) in [7, 11) is 0. The van der Waals surface area contributed by atoms with E-state index in [4.69, 9.17) is 5.73 Å². The summed E-state index contributed by atoms with van der Waals surface area (Å²) < 4.78 is 1.74. The maximum Gasteiger partial charge on any atom is 0.245 e. The first-order valence-corrected chi connectivity index (χ1v) is 7.23. The number of anilines is 1. The van der Waals surface area contributed by atoms with Crippen LogP contribution < -0.4 is 11.1 Å². The second-order valence-corrected chi connectivity index (χ2v) is 5.77. The third-order valence-corrected chi connectivity index (χ3v) is 3.78. The van der Waals surface area contributed by atoms with E-state index in [1.807, 2.05) is 48.5 Å². The van der Waals surface area contributed by atoms with E-state index in [-0.39, 0.29) is 5.91 Å². The van der Waals surface area contributed by atoms with E-state index in [1.54, 1.807) is 0 Å². The predicted molar refractivity (Wildman–Crippen MR) is 83.8 cm³/mol. The second kappa shape index (κ2) is 6.32. The number of halogens is 2. The minimum absolute atomic E-state index is 0.241. The Morgan fingerprint density at radius 3 is 2.42 bits per heavy atom. The number of nitrogens with two attached hydrogens (primary N) is 1. The smallest absolute Gasteiger partial charge is 0.245 e. The highest BCUT2D eigenvalue weighted by molar-refractivity contribution is 9.11. The number of hydrogen-bond donors (Lipinski definition) is 2. The third-order valence-electron chi connectivity index (χ3n) is 2.63. The van der Waals surface area contributed by atoms with Crippen molar-refractivity contribution in [3.05, 3.63) is 63.0 Å². The Morgan fingerprint density at radius 2 is 1.79 bits per heavy atom. The molecule has 0 saturated heterocycles. The van der Waals surface area contributed by atoms with Gasteiger partial charge in [0, 0.05) is 8.95 Å². The minimum atomic E-state index is -0.684. The lowest BCUT2D eigenvalue weighted by Crippen LogP contribution is -2.27. The van der Waals surface area contributed by atoms with Crippen LogP contribution in [0.3, 0.4) is 0 Å². The first kappa shape index (κ1) is 14.2. The van der Waals surface area contributed by atoms with Crippen LogP contribution in [0.1, 0.15) is 11.6 Å². The minimum Gasteiger partial charge on any atom is -0.323 e. The van der Waals surface area contributed by atoms with E-state index in [2.05, 4.69) is 37.2 Å². The number of carbonyl (C=O) groups is 1. The molecule has 5 heteroatoms. The molecule has 0 aliphatic rings. The van der Waals surface area contributed by atoms with Crippen molar-refractivity contribution in [3.63, 3.8) is 0 Å². The van der Waals surface area contributed by atoms with Crippen molar-refractivity contribution >= 4 is 43.5 Å². The highest BCUT2D eigenvalue weighted by Crippen LogP contribution is 2.26. The zero-order valence-corrected chi connectivity index (χ0v) is 13.1. The highest BCUT2D eigenvalue weighted by Gasteiger charge is 2.16. The molecular formula is C14H12Br2N2O. The van der Waals surface area contributed by atoms with Crippen molar-refractivity contribution in [3.8, 4) is 0 Å². The summed E-state index contributed by atoms with van der Waals surface area (Å²) in [5.41, 5.74) is 7.41. The summed E-state index contributed by atoms with van der Waals surface area (Å²) >= 11 is 6.76. The van der Waals surface area contributed by atoms with Gasteiger partial charge in [-0.3, -0.25) is 4.79 Å². The summed E-state index contributed by atoms with van der Waals surface area (Å²) in [4.78, 5) is 12.1. The van der Waals surface area contributed by atoms with Crippen molar-refractivity contribution in [2.75, 3.05) is 5.32 Å². The zero-order valence-electron chi connectivity index (χ0n) is 9.94. The van der Waals surface area contributed by atoms with Gasteiger partial charge in [0.25, 0.3) is 0 Å². The molecule has 3 nitrogen and oxygen atoms in total. The van der Waals surface area contributed by atoms with Crippen LogP contribution in [-0.2, 0) is 4.79 Å². The fourth-order valence-electron chi connectivity index (χ4n) is 1.61. The van der Waals surface area contributed by atoms with Gasteiger partial charge in [-0.25, -0.2) is 0 Å². The van der Waals surface area contributed by atoms with Gasteiger partial charge in [0.15, 0.2) is 0 Å². The normalized spacial score (nSPS) is 11.9. The van der Waals surface area contributed by atoms with Gasteiger partial charge in [0.1, 0.15) is 6.04 Å². The van der Waals surface area contributed by atoms with Crippen molar-refractivity contribution in [1.82, 2.24) is 0 Å². The van der Waals surface area contributed by atoms with E-state index in [0.29, 0.717) is 5.69 Å². The van der Waals surface area contributed by atoms with E-state index in [0.717, 1.165) is 14.5 Å². The average molecular weight is 384 g/mol. The summed E-state index contributed by atoms with van der Waals surface area (Å²) in [6.45, 7) is 0. The van der Waals surface area contributed by atoms with E-state index in [9.17, 15) is 4.79 Å². The highest BCUT2D eigenvalue weighted by atomic mass is 79.9. The molecular weight excluding hydrogens is 372 g/mol. The lowest BCUT2D eigenvalue weighted by atomic mass is 10.1. The summed E-state index contributed by atoms with van der Waals surface area (Å²) in [6, 6.07) is 14.1. The first-order valence-electron chi connectivity index (χ1n) is 5.64. The largest absolute Gasteiger partial charge is 0.323 e. The van der Waals surface area contributed by atoms with Gasteiger partial charge >= 0.3 is 0 Å².